The predicted octanol–water partition coefficient (Wildman–Crippen LogP) is -3.28. The van der Waals surface area contributed by atoms with E-state index in [2.05, 4.69) is 0 Å². The van der Waals surface area contributed by atoms with Crippen LogP contribution in [0.5, 0.6) is 0 Å². The molecule has 0 amide bonds. The van der Waals surface area contributed by atoms with Crippen LogP contribution < -0.4 is 56.5 Å². The van der Waals surface area contributed by atoms with Gasteiger partial charge in [-0.1, -0.05) is 0 Å². The van der Waals surface area contributed by atoms with E-state index in [0.29, 0.717) is 6.29 Å². The molecule has 52 valence electrons. The first kappa shape index (κ1) is 17.0. The molecule has 0 aromatic rings. The number of carbonyl (C=O) groups is 1. The van der Waals surface area contributed by atoms with Crippen molar-refractivity contribution in [2.24, 2.45) is 5.41 Å². The Hall–Kier alpha value is 0.756. The number of hydrogen-bond acceptors (Lipinski definition) is 3. The minimum atomic E-state index is -0.792. The van der Waals surface area contributed by atoms with Gasteiger partial charge in [-0.25, -0.2) is 0 Å². The van der Waals surface area contributed by atoms with Crippen molar-refractivity contribution in [1.29, 1.82) is 5.26 Å². The third kappa shape index (κ3) is 11.5. The monoisotopic (exact) mass is 167 g/mol. The summed E-state index contributed by atoms with van der Waals surface area (Å²) < 4.78 is 0. The van der Waals surface area contributed by atoms with Gasteiger partial charge in [0.1, 0.15) is 11.7 Å². The fourth-order valence-corrected chi connectivity index (χ4v) is 0.0264. The Balaban J connectivity index is -0.000000149. The molecule has 0 rings (SSSR count). The van der Waals surface area contributed by atoms with E-state index in [1.165, 1.54) is 0 Å². The molecule has 0 atom stereocenters. The van der Waals surface area contributed by atoms with Gasteiger partial charge in [-0.2, -0.15) is 12.4 Å². The maximum absolute atomic E-state index is 9.84. The van der Waals surface area contributed by atoms with Crippen LogP contribution in [0.15, 0.2) is 0 Å². The zero-order chi connectivity index (χ0) is 7.91. The van der Waals surface area contributed by atoms with Crippen LogP contribution in [0.3, 0.4) is 0 Å². The van der Waals surface area contributed by atoms with Gasteiger partial charge < -0.3 is 9.90 Å². The summed E-state index contributed by atoms with van der Waals surface area (Å²) >= 11 is 0. The molecule has 0 radical (unpaired) electrons. The van der Waals surface area contributed by atoms with E-state index in [0.717, 1.165) is 7.11 Å². The molecule has 0 aromatic carbocycles. The minimum absolute atomic E-state index is 0. The molecule has 3 nitrogen and oxygen atoms in total. The fourth-order valence-electron chi connectivity index (χ4n) is 0.0264. The van der Waals surface area contributed by atoms with Gasteiger partial charge in [-0.05, 0) is 13.8 Å². The average Bonchev–Trinajstić information content (AvgIpc) is 1.93. The molecule has 0 aromatic heterocycles. The summed E-state index contributed by atoms with van der Waals surface area (Å²) in [7, 11) is 0.750. The van der Waals surface area contributed by atoms with Gasteiger partial charge in [0.05, 0.1) is 6.07 Å². The molecule has 0 N–H and O–H groups in total. The molecule has 0 bridgehead atoms. The summed E-state index contributed by atoms with van der Waals surface area (Å²) in [5, 5.41) is 16.4. The Morgan fingerprint density at radius 3 is 1.80 bits per heavy atom. The van der Waals surface area contributed by atoms with Crippen molar-refractivity contribution >= 4 is 6.29 Å². The first-order valence-electron chi connectivity index (χ1n) is 2.41. The van der Waals surface area contributed by atoms with Crippen molar-refractivity contribution < 1.29 is 61.3 Å². The Kier molecular flexibility index (Phi) is 16.6. The summed E-state index contributed by atoms with van der Waals surface area (Å²) in [5.41, 5.74) is -0.792. The van der Waals surface area contributed by atoms with E-state index in [9.17, 15) is 4.79 Å². The second kappa shape index (κ2) is 9.76. The summed E-state index contributed by atoms with van der Waals surface area (Å²) in [5.74, 6) is 0. The molecule has 0 saturated heterocycles. The van der Waals surface area contributed by atoms with Crippen LogP contribution in [-0.2, 0) is 4.79 Å². The number of nitrogens with zero attached hydrogens (tertiary/aromatic N) is 1. The molecular formula is C6H10KNO2. The summed E-state index contributed by atoms with van der Waals surface area (Å²) in [6, 6.07) is 1.82. The fraction of sp³-hybridized carbons (Fsp3) is 0.667. The van der Waals surface area contributed by atoms with Crippen LogP contribution in [0.4, 0.5) is 0 Å². The SMILES string of the molecule is CC(C)(C#N)C=O.C[O-].[K+]. The van der Waals surface area contributed by atoms with E-state index in [4.69, 9.17) is 10.4 Å². The summed E-state index contributed by atoms with van der Waals surface area (Å²) in [6.07, 6.45) is 0.632. The molecule has 4 heteroatoms. The molecule has 0 unspecified atom stereocenters. The molecule has 0 aliphatic carbocycles. The normalized spacial score (nSPS) is 7.50. The maximum Gasteiger partial charge on any atom is 1.00 e. The van der Waals surface area contributed by atoms with Crippen molar-refractivity contribution in [3.05, 3.63) is 0 Å². The quantitative estimate of drug-likeness (QED) is 0.304. The first-order valence-corrected chi connectivity index (χ1v) is 2.41. The van der Waals surface area contributed by atoms with E-state index < -0.39 is 5.41 Å². The van der Waals surface area contributed by atoms with Crippen molar-refractivity contribution in [2.75, 3.05) is 7.11 Å². The second-order valence-corrected chi connectivity index (χ2v) is 1.95. The molecule has 0 spiro atoms. The molecule has 0 aliphatic heterocycles. The van der Waals surface area contributed by atoms with Crippen LogP contribution in [0.25, 0.3) is 0 Å². The largest absolute Gasteiger partial charge is 1.00 e. The molecule has 0 heterocycles. The van der Waals surface area contributed by atoms with E-state index in [1.807, 2.05) is 6.07 Å². The van der Waals surface area contributed by atoms with Crippen LogP contribution in [0.2, 0.25) is 0 Å². The molecule has 0 fully saturated rings. The van der Waals surface area contributed by atoms with Gasteiger partial charge in [-0.15, -0.1) is 0 Å². The Morgan fingerprint density at radius 1 is 1.50 bits per heavy atom. The molecule has 0 saturated carbocycles. The number of aldehydes is 1. The van der Waals surface area contributed by atoms with Gasteiger partial charge in [0.25, 0.3) is 0 Å². The zero-order valence-corrected chi connectivity index (χ0v) is 9.96. The van der Waals surface area contributed by atoms with Gasteiger partial charge in [0.2, 0.25) is 0 Å². The van der Waals surface area contributed by atoms with Crippen LogP contribution in [0.1, 0.15) is 13.8 Å². The van der Waals surface area contributed by atoms with Gasteiger partial charge in [-0.3, -0.25) is 0 Å². The topological polar surface area (TPSA) is 63.9 Å². The maximum atomic E-state index is 9.84. The third-order valence-corrected chi connectivity index (χ3v) is 0.583. The number of hydrogen-bond donors (Lipinski definition) is 0. The number of carbonyl (C=O) groups excluding carboxylic acids is 1. The molecule has 0 aliphatic rings. The molecular weight excluding hydrogens is 157 g/mol. The Labute approximate surface area is 104 Å². The average molecular weight is 167 g/mol. The number of nitriles is 1. The van der Waals surface area contributed by atoms with Crippen molar-refractivity contribution in [1.82, 2.24) is 0 Å². The van der Waals surface area contributed by atoms with Gasteiger partial charge >= 0.3 is 51.4 Å². The third-order valence-electron chi connectivity index (χ3n) is 0.583. The zero-order valence-electron chi connectivity index (χ0n) is 6.84. The van der Waals surface area contributed by atoms with Crippen LogP contribution >= 0.6 is 0 Å². The second-order valence-electron chi connectivity index (χ2n) is 1.95. The number of rotatable bonds is 1. The van der Waals surface area contributed by atoms with Crippen molar-refractivity contribution in [2.45, 2.75) is 13.8 Å². The minimum Gasteiger partial charge on any atom is -0.857 e. The van der Waals surface area contributed by atoms with Gasteiger partial charge in [0, 0.05) is 0 Å². The van der Waals surface area contributed by atoms with Crippen LogP contribution in [0, 0.1) is 16.7 Å². The standard InChI is InChI=1S/C5H7NO.CH3O.K/c1-5(2,3-6)4-7;1-2;/h4H,1-2H3;1H3;/q;-1;+1. The smallest absolute Gasteiger partial charge is 0.857 e. The van der Waals surface area contributed by atoms with E-state index in [1.54, 1.807) is 13.8 Å². The Morgan fingerprint density at radius 2 is 1.80 bits per heavy atom. The van der Waals surface area contributed by atoms with Crippen molar-refractivity contribution in [3.8, 4) is 6.07 Å². The first-order chi connectivity index (χ1) is 4.12. The summed E-state index contributed by atoms with van der Waals surface area (Å²) in [4.78, 5) is 9.84. The van der Waals surface area contributed by atoms with E-state index >= 15 is 0 Å². The molecule has 10 heavy (non-hydrogen) atoms. The predicted molar refractivity (Wildman–Crippen MR) is 31.4 cm³/mol. The van der Waals surface area contributed by atoms with Crippen molar-refractivity contribution in [3.63, 3.8) is 0 Å². The van der Waals surface area contributed by atoms with Crippen LogP contribution in [-0.4, -0.2) is 13.4 Å². The van der Waals surface area contributed by atoms with Gasteiger partial charge in [0.15, 0.2) is 0 Å². The Bertz CT molecular complexity index is 117. The summed E-state index contributed by atoms with van der Waals surface area (Å²) in [6.45, 7) is 3.14. The van der Waals surface area contributed by atoms with E-state index in [-0.39, 0.29) is 51.4 Å².